The fourth-order valence-corrected chi connectivity index (χ4v) is 11.0. The van der Waals surface area contributed by atoms with Gasteiger partial charge in [-0.2, -0.15) is 5.10 Å². The third-order valence-corrected chi connectivity index (χ3v) is 15.5. The van der Waals surface area contributed by atoms with Gasteiger partial charge in [0.05, 0.1) is 77.1 Å². The maximum absolute atomic E-state index is 15.5. The number of amides is 4. The van der Waals surface area contributed by atoms with Crippen molar-refractivity contribution in [2.45, 2.75) is 104 Å². The van der Waals surface area contributed by atoms with Crippen molar-refractivity contribution in [2.75, 3.05) is 59.0 Å². The molecule has 1 unspecified atom stereocenters. The molecule has 0 aliphatic carbocycles. The van der Waals surface area contributed by atoms with Gasteiger partial charge in [0, 0.05) is 88.1 Å². The highest BCUT2D eigenvalue weighted by molar-refractivity contribution is 7.13. The van der Waals surface area contributed by atoms with Crippen LogP contribution in [0.4, 0.5) is 8.78 Å². The minimum Gasteiger partial charge on any atom is -0.391 e. The third-order valence-electron chi connectivity index (χ3n) is 14.6. The Morgan fingerprint density at radius 3 is 2.34 bits per heavy atom. The molecule has 4 N–H and O–H groups in total. The molecule has 6 aromatic rings. The summed E-state index contributed by atoms with van der Waals surface area (Å²) < 4.78 is 38.2. The number of halogens is 2. The molecular formula is C56H67F2N11O6S. The Bertz CT molecular complexity index is 3000. The van der Waals surface area contributed by atoms with E-state index in [9.17, 15) is 24.3 Å². The summed E-state index contributed by atoms with van der Waals surface area (Å²) in [5.41, 5.74) is 7.49. The second-order valence-electron chi connectivity index (χ2n) is 21.2. The lowest BCUT2D eigenvalue weighted by atomic mass is 9.85. The fraction of sp³-hybridized carbons (Fsp3) is 0.464. The van der Waals surface area contributed by atoms with Crippen LogP contribution in [0.3, 0.4) is 0 Å². The molecule has 0 bridgehead atoms. The Morgan fingerprint density at radius 2 is 1.63 bits per heavy atom. The van der Waals surface area contributed by atoms with Crippen molar-refractivity contribution in [1.82, 2.24) is 55.4 Å². The summed E-state index contributed by atoms with van der Waals surface area (Å²) in [6.07, 6.45) is 7.35. The van der Waals surface area contributed by atoms with E-state index < -0.39 is 41.1 Å². The molecule has 76 heavy (non-hydrogen) atoms. The average molecular weight is 1060 g/mol. The molecule has 0 saturated carbocycles. The molecule has 3 aromatic carbocycles. The number of thiazole rings is 1. The number of aliphatic hydroxyl groups excluding tert-OH is 1. The minimum atomic E-state index is -0.931. The van der Waals surface area contributed by atoms with Gasteiger partial charge in [0.2, 0.25) is 23.6 Å². The number of hydrogen-bond donors (Lipinski definition) is 4. The van der Waals surface area contributed by atoms with E-state index in [1.54, 1.807) is 35.9 Å². The number of nitrogens with zero attached hydrogens (tertiary/aromatic N) is 8. The highest BCUT2D eigenvalue weighted by Crippen LogP contribution is 2.33. The molecule has 0 spiro atoms. The van der Waals surface area contributed by atoms with Crippen molar-refractivity contribution in [3.05, 3.63) is 107 Å². The first kappa shape index (κ1) is 54.2. The van der Waals surface area contributed by atoms with E-state index in [1.807, 2.05) is 79.3 Å². The van der Waals surface area contributed by atoms with Crippen molar-refractivity contribution in [2.24, 2.45) is 5.41 Å². The average Bonchev–Trinajstić information content (AvgIpc) is 4.18. The number of nitrogens with one attached hydrogen (secondary N) is 3. The Labute approximate surface area is 445 Å². The van der Waals surface area contributed by atoms with Crippen LogP contribution < -0.4 is 16.0 Å². The van der Waals surface area contributed by atoms with E-state index in [1.165, 1.54) is 17.0 Å². The van der Waals surface area contributed by atoms with E-state index in [4.69, 9.17) is 9.72 Å². The number of carbonyl (C=O) groups is 4. The molecule has 4 amide bonds. The number of carbonyl (C=O) groups excluding carboxylic acids is 4. The van der Waals surface area contributed by atoms with Crippen LogP contribution in [0.5, 0.6) is 0 Å². The SMILES string of the molecule is Cc1ncsc1-c1ccc(CNC(=O)[C@@H]2C[C@@H](O)CN2C(=O)C(NC(=O)CCCCNC(=O)CN2CCC(n3cc(-c4cnc5cccc(-c6cc(F)c(CN7CCOCC7)c(F)c6)c5n4)cn3)CC2)C(C)(C)C)cc1. The minimum absolute atomic E-state index is 0.0130. The Hall–Kier alpha value is -6.58. The number of morpholine rings is 1. The van der Waals surface area contributed by atoms with Crippen LogP contribution in [0, 0.1) is 24.0 Å². The van der Waals surface area contributed by atoms with Gasteiger partial charge in [0.15, 0.2) is 0 Å². The van der Waals surface area contributed by atoms with Crippen molar-refractivity contribution in [3.8, 4) is 32.8 Å². The molecule has 3 fully saturated rings. The fourth-order valence-electron chi connectivity index (χ4n) is 10.2. The van der Waals surface area contributed by atoms with Gasteiger partial charge in [-0.1, -0.05) is 57.2 Å². The van der Waals surface area contributed by atoms with Crippen molar-refractivity contribution in [1.29, 1.82) is 0 Å². The highest BCUT2D eigenvalue weighted by atomic mass is 32.1. The topological polar surface area (TPSA) is 200 Å². The lowest BCUT2D eigenvalue weighted by Crippen LogP contribution is -2.57. The van der Waals surface area contributed by atoms with Gasteiger partial charge < -0.3 is 30.7 Å². The lowest BCUT2D eigenvalue weighted by molar-refractivity contribution is -0.144. The van der Waals surface area contributed by atoms with Crippen molar-refractivity contribution >= 4 is 46.0 Å². The molecule has 20 heteroatoms. The number of rotatable bonds is 18. The van der Waals surface area contributed by atoms with Crippen LogP contribution in [-0.2, 0) is 37.0 Å². The number of hydrogen-bond acceptors (Lipinski definition) is 13. The molecule has 3 aliphatic heterocycles. The van der Waals surface area contributed by atoms with E-state index >= 15 is 8.78 Å². The summed E-state index contributed by atoms with van der Waals surface area (Å²) in [6.45, 7) is 12.3. The second-order valence-corrected chi connectivity index (χ2v) is 22.1. The number of aromatic nitrogens is 5. The standard InChI is InChI=1S/C56H67F2N11O6S/c1-35-52(76-34-62-35)37-13-11-36(12-14-37)27-61-54(73)48-26-41(70)31-68(48)55(74)53(56(2,3)4)65-49(71)10-5-6-17-59-50(72)33-66-18-15-40(16-19-66)69-30-39(28-63-69)47-29-60-46-9-7-8-42(51(46)64-47)38-24-44(57)43(45(58)25-38)32-67-20-22-75-23-21-67/h7-9,11-14,24-25,28-30,34,40-41,48,53,70H,5-6,10,15-23,26-27,31-33H2,1-4H3,(H,59,72)(H,61,73)(H,65,71)/t41-,48+,53?/m1/s1. The number of aryl methyl sites for hydroxylation is 1. The number of fused-ring (bicyclic) bond motifs is 1. The van der Waals surface area contributed by atoms with Gasteiger partial charge in [-0.05, 0) is 72.9 Å². The number of piperidine rings is 1. The van der Waals surface area contributed by atoms with Gasteiger partial charge in [-0.25, -0.2) is 18.7 Å². The molecule has 402 valence electrons. The molecule has 3 aromatic heterocycles. The summed E-state index contributed by atoms with van der Waals surface area (Å²) in [5, 5.41) is 24.1. The third kappa shape index (κ3) is 13.1. The van der Waals surface area contributed by atoms with Crippen molar-refractivity contribution in [3.63, 3.8) is 0 Å². The first-order valence-corrected chi connectivity index (χ1v) is 27.1. The van der Waals surface area contributed by atoms with Gasteiger partial charge in [0.25, 0.3) is 0 Å². The monoisotopic (exact) mass is 1060 g/mol. The quantitative estimate of drug-likeness (QED) is 0.0689. The smallest absolute Gasteiger partial charge is 0.246 e. The van der Waals surface area contributed by atoms with Gasteiger partial charge in [-0.15, -0.1) is 11.3 Å². The van der Waals surface area contributed by atoms with Crippen LogP contribution in [0.25, 0.3) is 43.9 Å². The molecule has 17 nitrogen and oxygen atoms in total. The first-order valence-electron chi connectivity index (χ1n) is 26.2. The maximum atomic E-state index is 15.5. The molecule has 3 saturated heterocycles. The van der Waals surface area contributed by atoms with Gasteiger partial charge in [0.1, 0.15) is 23.7 Å². The molecule has 6 heterocycles. The van der Waals surface area contributed by atoms with Crippen LogP contribution in [0.2, 0.25) is 0 Å². The zero-order chi connectivity index (χ0) is 53.5. The zero-order valence-electron chi connectivity index (χ0n) is 43.6. The summed E-state index contributed by atoms with van der Waals surface area (Å²) in [4.78, 5) is 74.3. The number of unbranched alkanes of at least 4 members (excludes halogenated alkanes) is 1. The summed E-state index contributed by atoms with van der Waals surface area (Å²) >= 11 is 1.57. The zero-order valence-corrected chi connectivity index (χ0v) is 44.4. The van der Waals surface area contributed by atoms with Crippen LogP contribution in [-0.4, -0.2) is 145 Å². The predicted molar refractivity (Wildman–Crippen MR) is 285 cm³/mol. The summed E-state index contributed by atoms with van der Waals surface area (Å²) in [6, 6.07) is 14.3. The number of ether oxygens (including phenoxy) is 1. The largest absolute Gasteiger partial charge is 0.391 e. The lowest BCUT2D eigenvalue weighted by Gasteiger charge is -2.35. The second kappa shape index (κ2) is 24.2. The van der Waals surface area contributed by atoms with E-state index in [0.717, 1.165) is 40.1 Å². The van der Waals surface area contributed by atoms with Crippen LogP contribution in [0.15, 0.2) is 78.7 Å². The Morgan fingerprint density at radius 1 is 0.882 bits per heavy atom. The van der Waals surface area contributed by atoms with E-state index in [2.05, 4.69) is 35.9 Å². The first-order chi connectivity index (χ1) is 36.6. The van der Waals surface area contributed by atoms with Crippen LogP contribution in [0.1, 0.15) is 82.2 Å². The summed E-state index contributed by atoms with van der Waals surface area (Å²) in [5.74, 6) is -2.41. The molecule has 9 rings (SSSR count). The molecule has 0 radical (unpaired) electrons. The number of β-amino-alcohol motifs (C(OH)–C–C–N with tert-alkyl or cyclic N) is 1. The van der Waals surface area contributed by atoms with Gasteiger partial charge in [-0.3, -0.25) is 38.6 Å². The Balaban J connectivity index is 0.700. The molecular weight excluding hydrogens is 993 g/mol. The Kier molecular flexibility index (Phi) is 17.2. The number of para-hydroxylation sites is 1. The van der Waals surface area contributed by atoms with Crippen molar-refractivity contribution < 1.29 is 37.8 Å². The number of aliphatic hydroxyl groups is 1. The molecule has 3 atom stereocenters. The highest BCUT2D eigenvalue weighted by Gasteiger charge is 2.44. The van der Waals surface area contributed by atoms with Gasteiger partial charge >= 0.3 is 0 Å². The van der Waals surface area contributed by atoms with E-state index in [0.29, 0.717) is 86.6 Å². The predicted octanol–water partition coefficient (Wildman–Crippen LogP) is 6.44. The number of likely N-dealkylation sites (tertiary alicyclic amines) is 2. The maximum Gasteiger partial charge on any atom is 0.246 e. The summed E-state index contributed by atoms with van der Waals surface area (Å²) in [7, 11) is 0. The number of benzene rings is 3. The van der Waals surface area contributed by atoms with Crippen LogP contribution >= 0.6 is 11.3 Å². The van der Waals surface area contributed by atoms with E-state index in [-0.39, 0.29) is 68.3 Å². The normalized spacial score (nSPS) is 18.2. The molecule has 3 aliphatic rings.